The first-order valence-corrected chi connectivity index (χ1v) is 9.63. The molecule has 1 aromatic rings. The molecule has 1 aliphatic rings. The van der Waals surface area contributed by atoms with E-state index in [1.807, 2.05) is 0 Å². The molecule has 1 heterocycles. The van der Waals surface area contributed by atoms with Gasteiger partial charge < -0.3 is 28.4 Å². The first-order chi connectivity index (χ1) is 16.0. The first kappa shape index (κ1) is 26.2. The molecule has 0 aromatic heterocycles. The fourth-order valence-electron chi connectivity index (χ4n) is 3.15. The summed E-state index contributed by atoms with van der Waals surface area (Å²) in [7, 11) is 1.01. The number of methoxy groups -OCH3 is 1. The van der Waals surface area contributed by atoms with Crippen molar-refractivity contribution in [2.75, 3.05) is 7.11 Å². The molecule has 1 saturated heterocycles. The van der Waals surface area contributed by atoms with Crippen LogP contribution in [0.4, 0.5) is 5.69 Å². The summed E-state index contributed by atoms with van der Waals surface area (Å²) in [5.41, 5.74) is -0.671. The van der Waals surface area contributed by atoms with Crippen molar-refractivity contribution in [1.82, 2.24) is 0 Å². The number of aldehydes is 1. The molecule has 1 fully saturated rings. The van der Waals surface area contributed by atoms with Gasteiger partial charge in [-0.05, 0) is 12.1 Å². The summed E-state index contributed by atoms with van der Waals surface area (Å²) in [5.74, 6) is -4.17. The number of rotatable bonds is 8. The molecular weight excluding hydrogens is 462 g/mol. The molecule has 0 amide bonds. The molecule has 5 atom stereocenters. The third-order valence-electron chi connectivity index (χ3n) is 4.39. The standard InChI is InChI=1S/C20H21NO13/c1-9(23)30-15-16(31-10(2)24)18(32-11(3)25)20(34-17(15)19(26)29-4)33-14-6-5-12(8-22)7-13(14)21(27)28/h5-8,15-18,20H,1-4H3/t15-,16-,17-,18+,20-/m0/s1. The number of hydrogen-bond donors (Lipinski definition) is 0. The Balaban J connectivity index is 2.59. The SMILES string of the molecule is COC(=O)[C@H]1O[C@H](Oc2ccc(C=O)cc2[N+](=O)[O-])[C@H](OC(C)=O)[C@@H](OC(C)=O)[C@@H]1OC(C)=O. The molecule has 1 aliphatic heterocycles. The predicted octanol–water partition coefficient (Wildman–Crippen LogP) is 0.479. The number of hydrogen-bond acceptors (Lipinski definition) is 13. The van der Waals surface area contributed by atoms with Gasteiger partial charge in [-0.25, -0.2) is 4.79 Å². The van der Waals surface area contributed by atoms with Crippen LogP contribution in [0.3, 0.4) is 0 Å². The van der Waals surface area contributed by atoms with E-state index in [9.17, 15) is 34.1 Å². The van der Waals surface area contributed by atoms with Crippen LogP contribution in [-0.4, -0.2) is 72.9 Å². The minimum absolute atomic E-state index is 0.0275. The van der Waals surface area contributed by atoms with Crippen molar-refractivity contribution < 1.29 is 57.3 Å². The smallest absolute Gasteiger partial charge is 0.339 e. The van der Waals surface area contributed by atoms with Crippen molar-refractivity contribution in [1.29, 1.82) is 0 Å². The zero-order chi connectivity index (χ0) is 25.6. The summed E-state index contributed by atoms with van der Waals surface area (Å²) in [5, 5.41) is 11.5. The Morgan fingerprint density at radius 2 is 1.53 bits per heavy atom. The third kappa shape index (κ3) is 6.25. The van der Waals surface area contributed by atoms with Crippen LogP contribution in [0.2, 0.25) is 0 Å². The van der Waals surface area contributed by atoms with E-state index >= 15 is 0 Å². The van der Waals surface area contributed by atoms with Gasteiger partial charge in [0.15, 0.2) is 24.1 Å². The molecule has 0 bridgehead atoms. The van der Waals surface area contributed by atoms with Crippen LogP contribution in [-0.2, 0) is 42.9 Å². The lowest BCUT2D eigenvalue weighted by atomic mass is 9.97. The minimum Gasteiger partial charge on any atom is -0.467 e. The van der Waals surface area contributed by atoms with E-state index in [1.165, 1.54) is 6.07 Å². The quantitative estimate of drug-likeness (QED) is 0.164. The van der Waals surface area contributed by atoms with E-state index in [0.717, 1.165) is 40.0 Å². The molecule has 14 heteroatoms. The average molecular weight is 483 g/mol. The summed E-state index contributed by atoms with van der Waals surface area (Å²) in [6, 6.07) is 3.22. The predicted molar refractivity (Wildman–Crippen MR) is 106 cm³/mol. The summed E-state index contributed by atoms with van der Waals surface area (Å²) in [4.78, 5) is 69.2. The maximum absolute atomic E-state index is 12.4. The van der Waals surface area contributed by atoms with Crippen LogP contribution >= 0.6 is 0 Å². The lowest BCUT2D eigenvalue weighted by Gasteiger charge is -2.42. The number of ether oxygens (including phenoxy) is 6. The third-order valence-corrected chi connectivity index (χ3v) is 4.39. The zero-order valence-corrected chi connectivity index (χ0v) is 18.5. The molecule has 0 unspecified atom stereocenters. The van der Waals surface area contributed by atoms with Gasteiger partial charge in [0.2, 0.25) is 12.4 Å². The van der Waals surface area contributed by atoms with E-state index < -0.39 is 70.9 Å². The van der Waals surface area contributed by atoms with Crippen molar-refractivity contribution >= 4 is 35.9 Å². The Kier molecular flexibility index (Phi) is 8.61. The number of carbonyl (C=O) groups excluding carboxylic acids is 5. The Bertz CT molecular complexity index is 991. The molecule has 14 nitrogen and oxygen atoms in total. The molecule has 34 heavy (non-hydrogen) atoms. The van der Waals surface area contributed by atoms with Crippen LogP contribution < -0.4 is 4.74 Å². The van der Waals surface area contributed by atoms with E-state index in [4.69, 9.17) is 23.7 Å². The molecular formula is C20H21NO13. The second kappa shape index (κ2) is 11.2. The fraction of sp³-hybridized carbons (Fsp3) is 0.450. The topological polar surface area (TPSA) is 184 Å². The van der Waals surface area contributed by atoms with Crippen LogP contribution in [0.25, 0.3) is 0 Å². The Morgan fingerprint density at radius 1 is 0.971 bits per heavy atom. The van der Waals surface area contributed by atoms with Gasteiger partial charge in [-0.3, -0.25) is 29.3 Å². The van der Waals surface area contributed by atoms with Gasteiger partial charge in [-0.1, -0.05) is 0 Å². The molecule has 0 N–H and O–H groups in total. The van der Waals surface area contributed by atoms with Gasteiger partial charge >= 0.3 is 29.6 Å². The highest BCUT2D eigenvalue weighted by molar-refractivity contribution is 5.78. The molecule has 0 radical (unpaired) electrons. The molecule has 0 aliphatic carbocycles. The summed E-state index contributed by atoms with van der Waals surface area (Å²) in [6.45, 7) is 3.04. The Labute approximate surface area is 192 Å². The van der Waals surface area contributed by atoms with Gasteiger partial charge in [0.05, 0.1) is 12.0 Å². The van der Waals surface area contributed by atoms with E-state index in [2.05, 4.69) is 4.74 Å². The number of carbonyl (C=O) groups is 5. The maximum atomic E-state index is 12.4. The average Bonchev–Trinajstić information content (AvgIpc) is 2.76. The van der Waals surface area contributed by atoms with Gasteiger partial charge in [0.25, 0.3) is 0 Å². The highest BCUT2D eigenvalue weighted by Gasteiger charge is 2.56. The monoisotopic (exact) mass is 483 g/mol. The molecule has 2 rings (SSSR count). The second-order valence-corrected chi connectivity index (χ2v) is 6.89. The second-order valence-electron chi connectivity index (χ2n) is 6.89. The molecule has 184 valence electrons. The number of nitrogens with zero attached hydrogens (tertiary/aromatic N) is 1. The maximum Gasteiger partial charge on any atom is 0.339 e. The van der Waals surface area contributed by atoms with E-state index in [1.54, 1.807) is 0 Å². The minimum atomic E-state index is -1.77. The van der Waals surface area contributed by atoms with Crippen molar-refractivity contribution in [2.45, 2.75) is 51.5 Å². The lowest BCUT2D eigenvalue weighted by molar-refractivity contribution is -0.387. The van der Waals surface area contributed by atoms with Gasteiger partial charge in [-0.15, -0.1) is 0 Å². The van der Waals surface area contributed by atoms with Crippen LogP contribution in [0.15, 0.2) is 18.2 Å². The zero-order valence-electron chi connectivity index (χ0n) is 18.5. The molecule has 1 aromatic carbocycles. The summed E-state index contributed by atoms with van der Waals surface area (Å²) in [6.07, 6.45) is -8.01. The molecule has 0 spiro atoms. The Morgan fingerprint density at radius 3 is 2.03 bits per heavy atom. The van der Waals surface area contributed by atoms with Crippen LogP contribution in [0.1, 0.15) is 31.1 Å². The van der Waals surface area contributed by atoms with Crippen molar-refractivity contribution in [3.05, 3.63) is 33.9 Å². The van der Waals surface area contributed by atoms with Gasteiger partial charge in [0.1, 0.15) is 6.29 Å². The highest BCUT2D eigenvalue weighted by atomic mass is 16.7. The van der Waals surface area contributed by atoms with Crippen LogP contribution in [0, 0.1) is 10.1 Å². The van der Waals surface area contributed by atoms with Crippen LogP contribution in [0.5, 0.6) is 5.75 Å². The van der Waals surface area contributed by atoms with E-state index in [-0.39, 0.29) is 5.56 Å². The van der Waals surface area contributed by atoms with E-state index in [0.29, 0.717) is 6.29 Å². The Hall–Kier alpha value is -4.07. The number of nitro groups is 1. The highest BCUT2D eigenvalue weighted by Crippen LogP contribution is 2.34. The molecule has 0 saturated carbocycles. The van der Waals surface area contributed by atoms with Gasteiger partial charge in [-0.2, -0.15) is 0 Å². The fourth-order valence-corrected chi connectivity index (χ4v) is 3.15. The number of esters is 4. The summed E-state index contributed by atoms with van der Waals surface area (Å²) >= 11 is 0. The van der Waals surface area contributed by atoms with Crippen molar-refractivity contribution in [3.8, 4) is 5.75 Å². The number of benzene rings is 1. The normalized spacial score (nSPS) is 23.7. The first-order valence-electron chi connectivity index (χ1n) is 9.63. The lowest BCUT2D eigenvalue weighted by Crippen LogP contribution is -2.64. The van der Waals surface area contributed by atoms with Crippen molar-refractivity contribution in [2.24, 2.45) is 0 Å². The van der Waals surface area contributed by atoms with Crippen molar-refractivity contribution in [3.63, 3.8) is 0 Å². The largest absolute Gasteiger partial charge is 0.467 e. The van der Waals surface area contributed by atoms with Gasteiger partial charge in [0, 0.05) is 32.4 Å². The number of nitro benzene ring substituents is 1. The summed E-state index contributed by atoms with van der Waals surface area (Å²) < 4.78 is 31.2.